The number of likely N-dealkylation sites (tertiary alicyclic amines) is 1. The minimum atomic E-state index is 0. The number of amides is 1. The molecule has 4 nitrogen and oxygen atoms in total. The molecule has 1 atom stereocenters. The molecule has 2 rings (SSSR count). The van der Waals surface area contributed by atoms with Crippen molar-refractivity contribution in [3.8, 4) is 0 Å². The number of carbonyl (C=O) groups excluding carboxylic acids is 1. The van der Waals surface area contributed by atoms with Gasteiger partial charge in [-0.05, 0) is 25.2 Å². The Hall–Kier alpha value is -0.650. The molecule has 2 N–H and O–H groups in total. The van der Waals surface area contributed by atoms with E-state index in [0.29, 0.717) is 18.2 Å². The molecule has 19 heavy (non-hydrogen) atoms. The SMILES string of the molecule is CCCC1CCCN(C(=O)c2csc(CN)n2)C1.Cl. The van der Waals surface area contributed by atoms with Gasteiger partial charge in [0.2, 0.25) is 0 Å². The molecule has 1 saturated heterocycles. The molecule has 0 saturated carbocycles. The molecule has 1 fully saturated rings. The number of hydrogen-bond donors (Lipinski definition) is 1. The van der Waals surface area contributed by atoms with Crippen molar-refractivity contribution in [1.29, 1.82) is 0 Å². The highest BCUT2D eigenvalue weighted by atomic mass is 35.5. The number of thiazole rings is 1. The standard InChI is InChI=1S/C13H21N3OS.ClH/c1-2-4-10-5-3-6-16(8-10)13(17)11-9-18-12(7-14)15-11;/h9-10H,2-8,14H2,1H3;1H. The number of nitrogens with zero attached hydrogens (tertiary/aromatic N) is 2. The summed E-state index contributed by atoms with van der Waals surface area (Å²) < 4.78 is 0. The Balaban J connectivity index is 0.00000180. The predicted molar refractivity (Wildman–Crippen MR) is 80.8 cm³/mol. The Morgan fingerprint density at radius 3 is 3.05 bits per heavy atom. The first-order valence-corrected chi connectivity index (χ1v) is 7.56. The molecule has 0 aromatic carbocycles. The maximum Gasteiger partial charge on any atom is 0.273 e. The summed E-state index contributed by atoms with van der Waals surface area (Å²) in [7, 11) is 0. The Labute approximate surface area is 124 Å². The van der Waals surface area contributed by atoms with Crippen LogP contribution in [0.4, 0.5) is 0 Å². The maximum atomic E-state index is 12.3. The normalized spacial score (nSPS) is 19.1. The summed E-state index contributed by atoms with van der Waals surface area (Å²) in [6.07, 6.45) is 4.78. The third-order valence-corrected chi connectivity index (χ3v) is 4.32. The Bertz CT molecular complexity index is 408. The number of rotatable bonds is 4. The van der Waals surface area contributed by atoms with Gasteiger partial charge >= 0.3 is 0 Å². The molecule has 1 unspecified atom stereocenters. The van der Waals surface area contributed by atoms with E-state index in [1.165, 1.54) is 30.6 Å². The van der Waals surface area contributed by atoms with E-state index in [4.69, 9.17) is 5.73 Å². The van der Waals surface area contributed by atoms with E-state index in [0.717, 1.165) is 24.5 Å². The predicted octanol–water partition coefficient (Wildman–Crippen LogP) is 2.68. The highest BCUT2D eigenvalue weighted by molar-refractivity contribution is 7.09. The van der Waals surface area contributed by atoms with Crippen LogP contribution in [0.2, 0.25) is 0 Å². The van der Waals surface area contributed by atoms with Crippen LogP contribution in [0.1, 0.15) is 48.1 Å². The van der Waals surface area contributed by atoms with Crippen molar-refractivity contribution in [3.63, 3.8) is 0 Å². The highest BCUT2D eigenvalue weighted by Crippen LogP contribution is 2.22. The van der Waals surface area contributed by atoms with Crippen molar-refractivity contribution in [3.05, 3.63) is 16.1 Å². The molecule has 2 heterocycles. The van der Waals surface area contributed by atoms with Crippen LogP contribution in [-0.4, -0.2) is 28.9 Å². The second kappa shape index (κ2) is 7.82. The van der Waals surface area contributed by atoms with E-state index >= 15 is 0 Å². The Morgan fingerprint density at radius 2 is 2.42 bits per heavy atom. The third-order valence-electron chi connectivity index (χ3n) is 3.45. The quantitative estimate of drug-likeness (QED) is 0.930. The molecule has 6 heteroatoms. The highest BCUT2D eigenvalue weighted by Gasteiger charge is 2.25. The lowest BCUT2D eigenvalue weighted by Crippen LogP contribution is -2.40. The average Bonchev–Trinajstić information content (AvgIpc) is 2.87. The van der Waals surface area contributed by atoms with Gasteiger partial charge in [-0.1, -0.05) is 13.3 Å². The van der Waals surface area contributed by atoms with Crippen LogP contribution >= 0.6 is 23.7 Å². The fraction of sp³-hybridized carbons (Fsp3) is 0.692. The molecule has 1 aliphatic heterocycles. The van der Waals surface area contributed by atoms with E-state index in [9.17, 15) is 4.79 Å². The van der Waals surface area contributed by atoms with Gasteiger partial charge in [-0.2, -0.15) is 0 Å². The molecule has 0 bridgehead atoms. The van der Waals surface area contributed by atoms with Gasteiger partial charge in [0.15, 0.2) is 0 Å². The van der Waals surface area contributed by atoms with Crippen molar-refractivity contribution in [2.75, 3.05) is 13.1 Å². The van der Waals surface area contributed by atoms with E-state index in [-0.39, 0.29) is 18.3 Å². The zero-order chi connectivity index (χ0) is 13.0. The van der Waals surface area contributed by atoms with Gasteiger partial charge in [0, 0.05) is 25.0 Å². The first-order chi connectivity index (χ1) is 8.74. The fourth-order valence-electron chi connectivity index (χ4n) is 2.56. The first kappa shape index (κ1) is 16.4. The maximum absolute atomic E-state index is 12.3. The Kier molecular flexibility index (Phi) is 6.75. The number of halogens is 1. The number of piperidine rings is 1. The van der Waals surface area contributed by atoms with Gasteiger partial charge in [0.1, 0.15) is 10.7 Å². The zero-order valence-electron chi connectivity index (χ0n) is 11.3. The molecule has 1 aromatic heterocycles. The lowest BCUT2D eigenvalue weighted by molar-refractivity contribution is 0.0662. The van der Waals surface area contributed by atoms with Crippen molar-refractivity contribution >= 4 is 29.7 Å². The summed E-state index contributed by atoms with van der Waals surface area (Å²) >= 11 is 1.47. The van der Waals surface area contributed by atoms with Crippen molar-refractivity contribution in [1.82, 2.24) is 9.88 Å². The van der Waals surface area contributed by atoms with Crippen molar-refractivity contribution in [2.45, 2.75) is 39.2 Å². The molecule has 1 aromatic rings. The molecule has 0 aliphatic carbocycles. The Morgan fingerprint density at radius 1 is 1.63 bits per heavy atom. The molecule has 1 aliphatic rings. The smallest absolute Gasteiger partial charge is 0.273 e. The van der Waals surface area contributed by atoms with E-state index in [1.807, 2.05) is 10.3 Å². The molecule has 1 amide bonds. The van der Waals surface area contributed by atoms with Gasteiger partial charge < -0.3 is 10.6 Å². The minimum absolute atomic E-state index is 0. The van der Waals surface area contributed by atoms with Crippen LogP contribution in [-0.2, 0) is 6.54 Å². The van der Waals surface area contributed by atoms with Gasteiger partial charge in [0.25, 0.3) is 5.91 Å². The third kappa shape index (κ3) is 4.16. The molecule has 0 radical (unpaired) electrons. The monoisotopic (exact) mass is 303 g/mol. The van der Waals surface area contributed by atoms with Gasteiger partial charge in [-0.15, -0.1) is 23.7 Å². The van der Waals surface area contributed by atoms with E-state index in [2.05, 4.69) is 11.9 Å². The molecular weight excluding hydrogens is 282 g/mol. The second-order valence-corrected chi connectivity index (χ2v) is 5.82. The van der Waals surface area contributed by atoms with Crippen LogP contribution in [0.5, 0.6) is 0 Å². The van der Waals surface area contributed by atoms with Crippen LogP contribution in [0.3, 0.4) is 0 Å². The lowest BCUT2D eigenvalue weighted by atomic mass is 9.93. The summed E-state index contributed by atoms with van der Waals surface area (Å²) in [6, 6.07) is 0. The van der Waals surface area contributed by atoms with Gasteiger partial charge in [-0.25, -0.2) is 4.98 Å². The van der Waals surface area contributed by atoms with Crippen molar-refractivity contribution < 1.29 is 4.79 Å². The lowest BCUT2D eigenvalue weighted by Gasteiger charge is -2.32. The van der Waals surface area contributed by atoms with Gasteiger partial charge in [0.05, 0.1) is 0 Å². The minimum Gasteiger partial charge on any atom is -0.337 e. The zero-order valence-corrected chi connectivity index (χ0v) is 12.9. The molecule has 108 valence electrons. The second-order valence-electron chi connectivity index (χ2n) is 4.88. The van der Waals surface area contributed by atoms with Crippen LogP contribution < -0.4 is 5.73 Å². The summed E-state index contributed by atoms with van der Waals surface area (Å²) in [5, 5.41) is 2.66. The summed E-state index contributed by atoms with van der Waals surface area (Å²) in [4.78, 5) is 18.5. The summed E-state index contributed by atoms with van der Waals surface area (Å²) in [5.74, 6) is 0.743. The average molecular weight is 304 g/mol. The topological polar surface area (TPSA) is 59.2 Å². The number of hydrogen-bond acceptors (Lipinski definition) is 4. The summed E-state index contributed by atoms with van der Waals surface area (Å²) in [5.41, 5.74) is 6.09. The number of carbonyl (C=O) groups is 1. The molecule has 0 spiro atoms. The fourth-order valence-corrected chi connectivity index (χ4v) is 3.21. The first-order valence-electron chi connectivity index (χ1n) is 6.68. The number of nitrogens with two attached hydrogens (primary N) is 1. The van der Waals surface area contributed by atoms with Gasteiger partial charge in [-0.3, -0.25) is 4.79 Å². The van der Waals surface area contributed by atoms with E-state index in [1.54, 1.807) is 0 Å². The number of aromatic nitrogens is 1. The van der Waals surface area contributed by atoms with E-state index < -0.39 is 0 Å². The van der Waals surface area contributed by atoms with Crippen LogP contribution in [0.25, 0.3) is 0 Å². The molecular formula is C13H22ClN3OS. The van der Waals surface area contributed by atoms with Crippen LogP contribution in [0.15, 0.2) is 5.38 Å². The largest absolute Gasteiger partial charge is 0.337 e. The van der Waals surface area contributed by atoms with Crippen LogP contribution in [0, 0.1) is 5.92 Å². The van der Waals surface area contributed by atoms with Crippen molar-refractivity contribution in [2.24, 2.45) is 11.7 Å². The summed E-state index contributed by atoms with van der Waals surface area (Å²) in [6.45, 7) is 4.38.